The van der Waals surface area contributed by atoms with E-state index in [1.807, 2.05) is 97.9 Å². The Labute approximate surface area is 183 Å². The smallest absolute Gasteiger partial charge is 0.348 e. The fourth-order valence-corrected chi connectivity index (χ4v) is 3.54. The lowest BCUT2D eigenvalue weighted by Crippen LogP contribution is -2.46. The summed E-state index contributed by atoms with van der Waals surface area (Å²) in [5.41, 5.74) is 0.530. The molecule has 0 heterocycles. The molecule has 0 N–H and O–H groups in total. The number of hydrogen-bond acceptors (Lipinski definition) is 4. The van der Waals surface area contributed by atoms with Gasteiger partial charge in [0.15, 0.2) is 6.10 Å². The van der Waals surface area contributed by atoms with Gasteiger partial charge in [-0.1, -0.05) is 78.9 Å². The predicted molar refractivity (Wildman–Crippen MR) is 121 cm³/mol. The van der Waals surface area contributed by atoms with Gasteiger partial charge in [0, 0.05) is 19.3 Å². The molecule has 0 fully saturated rings. The molecule has 3 aromatic rings. The van der Waals surface area contributed by atoms with Crippen molar-refractivity contribution < 1.29 is 19.1 Å². The molecule has 5 nitrogen and oxygen atoms in total. The highest BCUT2D eigenvalue weighted by Crippen LogP contribution is 2.35. The number of ether oxygens (including phenoxy) is 2. The van der Waals surface area contributed by atoms with Gasteiger partial charge in [-0.05, 0) is 37.1 Å². The molecule has 0 bridgehead atoms. The van der Waals surface area contributed by atoms with Gasteiger partial charge in [-0.25, -0.2) is 4.79 Å². The van der Waals surface area contributed by atoms with Crippen LogP contribution in [0.2, 0.25) is 0 Å². The molecule has 0 radical (unpaired) electrons. The van der Waals surface area contributed by atoms with Crippen molar-refractivity contribution in [3.05, 3.63) is 102 Å². The highest BCUT2D eigenvalue weighted by atomic mass is 16.6. The molecule has 0 spiro atoms. The van der Waals surface area contributed by atoms with Crippen molar-refractivity contribution in [2.75, 3.05) is 18.6 Å². The Bertz CT molecular complexity index is 950. The molecule has 3 aromatic carbocycles. The molecule has 1 amide bonds. The number of carbonyl (C=O) groups excluding carboxylic acids is 2. The number of amides is 1. The van der Waals surface area contributed by atoms with E-state index in [1.165, 1.54) is 4.90 Å². The first kappa shape index (κ1) is 22.2. The van der Waals surface area contributed by atoms with Crippen molar-refractivity contribution in [2.24, 2.45) is 0 Å². The van der Waals surface area contributed by atoms with E-state index >= 15 is 0 Å². The van der Waals surface area contributed by atoms with Gasteiger partial charge in [0.1, 0.15) is 0 Å². The second kappa shape index (κ2) is 10.0. The van der Waals surface area contributed by atoms with Gasteiger partial charge in [0.05, 0.1) is 0 Å². The summed E-state index contributed by atoms with van der Waals surface area (Å²) in [7, 11) is 1.66. The fourth-order valence-electron chi connectivity index (χ4n) is 3.54. The number of likely N-dealkylation sites (N-methyl/N-ethyl adjacent to an activating group) is 1. The zero-order valence-corrected chi connectivity index (χ0v) is 18.0. The maximum Gasteiger partial charge on any atom is 0.348 e. The Morgan fingerprint density at radius 3 is 1.74 bits per heavy atom. The SMILES string of the molecule is CCOC(C(=O)O[C@@H](C)C(=O)N(C)c1ccccc1)(c1ccccc1)c1ccccc1. The second-order valence-electron chi connectivity index (χ2n) is 7.13. The zero-order chi connectivity index (χ0) is 22.3. The summed E-state index contributed by atoms with van der Waals surface area (Å²) in [5.74, 6) is -0.958. The highest BCUT2D eigenvalue weighted by Gasteiger charge is 2.46. The molecule has 160 valence electrons. The minimum atomic E-state index is -1.48. The van der Waals surface area contributed by atoms with Crippen LogP contribution in [0, 0.1) is 0 Å². The first-order valence-corrected chi connectivity index (χ1v) is 10.3. The van der Waals surface area contributed by atoms with Gasteiger partial charge in [-0.3, -0.25) is 4.79 Å². The van der Waals surface area contributed by atoms with E-state index in [0.29, 0.717) is 11.1 Å². The van der Waals surface area contributed by atoms with E-state index in [-0.39, 0.29) is 12.5 Å². The maximum absolute atomic E-state index is 13.6. The molecule has 0 unspecified atom stereocenters. The number of benzene rings is 3. The Morgan fingerprint density at radius 1 is 0.839 bits per heavy atom. The molecule has 0 aliphatic rings. The number of carbonyl (C=O) groups is 2. The average Bonchev–Trinajstić information content (AvgIpc) is 2.83. The van der Waals surface area contributed by atoms with E-state index in [1.54, 1.807) is 14.0 Å². The summed E-state index contributed by atoms with van der Waals surface area (Å²) < 4.78 is 11.8. The standard InChI is InChI=1S/C26H27NO4/c1-4-30-26(21-14-8-5-9-15-21,22-16-10-6-11-17-22)25(29)31-20(2)24(28)27(3)23-18-12-7-13-19-23/h5-20H,4H2,1-3H3/t20-/m0/s1. The first-order valence-electron chi connectivity index (χ1n) is 10.3. The molecular weight excluding hydrogens is 390 g/mol. The summed E-state index contributed by atoms with van der Waals surface area (Å²) in [4.78, 5) is 28.0. The summed E-state index contributed by atoms with van der Waals surface area (Å²) in [5, 5.41) is 0. The normalized spacial score (nSPS) is 12.1. The van der Waals surface area contributed by atoms with Crippen molar-refractivity contribution in [2.45, 2.75) is 25.6 Å². The molecule has 0 aliphatic carbocycles. The lowest BCUT2D eigenvalue weighted by atomic mass is 9.86. The summed E-state index contributed by atoms with van der Waals surface area (Å²) in [6.07, 6.45) is -0.995. The third kappa shape index (κ3) is 4.67. The van der Waals surface area contributed by atoms with Crippen LogP contribution in [0.1, 0.15) is 25.0 Å². The monoisotopic (exact) mass is 417 g/mol. The average molecular weight is 418 g/mol. The fraction of sp³-hybridized carbons (Fsp3) is 0.231. The maximum atomic E-state index is 13.6. The zero-order valence-electron chi connectivity index (χ0n) is 18.0. The van der Waals surface area contributed by atoms with E-state index in [2.05, 4.69) is 0 Å². The van der Waals surface area contributed by atoms with Crippen LogP contribution in [-0.2, 0) is 24.7 Å². The Morgan fingerprint density at radius 2 is 1.29 bits per heavy atom. The van der Waals surface area contributed by atoms with Crippen molar-refractivity contribution >= 4 is 17.6 Å². The highest BCUT2D eigenvalue weighted by molar-refractivity contribution is 5.97. The van der Waals surface area contributed by atoms with Gasteiger partial charge in [0.25, 0.3) is 5.91 Å². The van der Waals surface area contributed by atoms with Crippen LogP contribution in [0.15, 0.2) is 91.0 Å². The summed E-state index contributed by atoms with van der Waals surface area (Å²) in [6.45, 7) is 3.68. The Balaban J connectivity index is 1.94. The van der Waals surface area contributed by atoms with Crippen LogP contribution in [0.3, 0.4) is 0 Å². The quantitative estimate of drug-likeness (QED) is 0.504. The topological polar surface area (TPSA) is 55.8 Å². The Kier molecular flexibility index (Phi) is 7.21. The van der Waals surface area contributed by atoms with E-state index in [9.17, 15) is 9.59 Å². The number of esters is 1. The van der Waals surface area contributed by atoms with E-state index in [0.717, 1.165) is 5.69 Å². The van der Waals surface area contributed by atoms with Crippen LogP contribution in [0.5, 0.6) is 0 Å². The lowest BCUT2D eigenvalue weighted by molar-refractivity contribution is -0.175. The molecule has 0 saturated carbocycles. The second-order valence-corrected chi connectivity index (χ2v) is 7.13. The number of rotatable bonds is 8. The largest absolute Gasteiger partial charge is 0.450 e. The van der Waals surface area contributed by atoms with Crippen molar-refractivity contribution in [1.82, 2.24) is 0 Å². The van der Waals surface area contributed by atoms with Crippen molar-refractivity contribution in [3.63, 3.8) is 0 Å². The number of para-hydroxylation sites is 1. The van der Waals surface area contributed by atoms with E-state index < -0.39 is 17.7 Å². The van der Waals surface area contributed by atoms with Crippen LogP contribution in [-0.4, -0.2) is 31.6 Å². The molecule has 0 aromatic heterocycles. The van der Waals surface area contributed by atoms with Crippen LogP contribution in [0.4, 0.5) is 5.69 Å². The van der Waals surface area contributed by atoms with Crippen LogP contribution < -0.4 is 4.90 Å². The molecule has 1 atom stereocenters. The van der Waals surface area contributed by atoms with E-state index in [4.69, 9.17) is 9.47 Å². The van der Waals surface area contributed by atoms with Gasteiger partial charge in [0.2, 0.25) is 5.60 Å². The third-order valence-corrected chi connectivity index (χ3v) is 5.11. The molecule has 0 saturated heterocycles. The third-order valence-electron chi connectivity index (χ3n) is 5.11. The molecule has 3 rings (SSSR count). The van der Waals surface area contributed by atoms with Gasteiger partial charge < -0.3 is 14.4 Å². The van der Waals surface area contributed by atoms with Gasteiger partial charge in [-0.2, -0.15) is 0 Å². The van der Waals surface area contributed by atoms with Crippen molar-refractivity contribution in [1.29, 1.82) is 0 Å². The molecule has 31 heavy (non-hydrogen) atoms. The number of hydrogen-bond donors (Lipinski definition) is 0. The summed E-state index contributed by atoms with van der Waals surface area (Å²) >= 11 is 0. The van der Waals surface area contributed by atoms with Crippen molar-refractivity contribution in [3.8, 4) is 0 Å². The van der Waals surface area contributed by atoms with Gasteiger partial charge in [-0.15, -0.1) is 0 Å². The summed E-state index contributed by atoms with van der Waals surface area (Å²) in [6, 6.07) is 27.6. The molecule has 5 heteroatoms. The lowest BCUT2D eigenvalue weighted by Gasteiger charge is -2.33. The minimum absolute atomic E-state index is 0.283. The van der Waals surface area contributed by atoms with Gasteiger partial charge >= 0.3 is 5.97 Å². The minimum Gasteiger partial charge on any atom is -0.450 e. The van der Waals surface area contributed by atoms with Crippen LogP contribution >= 0.6 is 0 Å². The number of nitrogens with zero attached hydrogens (tertiary/aromatic N) is 1. The Hall–Kier alpha value is -3.44. The predicted octanol–water partition coefficient (Wildman–Crippen LogP) is 4.56. The molecule has 0 aliphatic heterocycles. The number of anilines is 1. The molecular formula is C26H27NO4. The van der Waals surface area contributed by atoms with Crippen LogP contribution in [0.25, 0.3) is 0 Å². The first-order chi connectivity index (χ1) is 15.0.